The van der Waals surface area contributed by atoms with Crippen molar-refractivity contribution in [2.75, 3.05) is 23.0 Å². The summed E-state index contributed by atoms with van der Waals surface area (Å²) in [5.74, 6) is 6.45. The zero-order valence-electron chi connectivity index (χ0n) is 12.1. The van der Waals surface area contributed by atoms with Gasteiger partial charge in [-0.1, -0.05) is 13.8 Å². The van der Waals surface area contributed by atoms with Crippen molar-refractivity contribution in [2.45, 2.75) is 45.1 Å². The number of nitrogens with two attached hydrogens (primary N) is 2. The number of anilines is 3. The van der Waals surface area contributed by atoms with Gasteiger partial charge in [0.2, 0.25) is 5.95 Å². The van der Waals surface area contributed by atoms with Gasteiger partial charge in [-0.25, -0.2) is 5.84 Å². The number of hydrazine groups is 1. The predicted molar refractivity (Wildman–Crippen MR) is 79.9 cm³/mol. The molecule has 7 N–H and O–H groups in total. The number of nitrogens with one attached hydrogen (secondary N) is 2. The molecule has 0 amide bonds. The van der Waals surface area contributed by atoms with Crippen molar-refractivity contribution >= 4 is 17.6 Å². The number of nitrogens with zero attached hydrogens (tertiary/aromatic N) is 2. The molecule has 0 unspecified atom stereocenters. The predicted octanol–water partition coefficient (Wildman–Crippen LogP) is 1.09. The topological polar surface area (TPSA) is 122 Å². The van der Waals surface area contributed by atoms with Crippen LogP contribution >= 0.6 is 0 Å². The first-order valence-electron chi connectivity index (χ1n) is 6.89. The molecule has 1 aliphatic rings. The highest BCUT2D eigenvalue weighted by atomic mass is 16.3. The molecular weight excluding hydrogens is 256 g/mol. The molecule has 7 nitrogen and oxygen atoms in total. The Morgan fingerprint density at radius 1 is 1.20 bits per heavy atom. The standard InChI is InChI=1S/C13H24N6O/c1-12(2)3-5-13(20,6-4-12)8-16-9-7-10(19-15)18-11(14)17-9/h7,20H,3-6,8,15H2,1-2H3,(H4,14,16,17,18,19). The quantitative estimate of drug-likeness (QED) is 0.413. The van der Waals surface area contributed by atoms with Crippen molar-refractivity contribution in [2.24, 2.45) is 11.3 Å². The van der Waals surface area contributed by atoms with Gasteiger partial charge in [0.1, 0.15) is 11.6 Å². The van der Waals surface area contributed by atoms with Gasteiger partial charge < -0.3 is 21.6 Å². The summed E-state index contributed by atoms with van der Waals surface area (Å²) in [5, 5.41) is 13.7. The van der Waals surface area contributed by atoms with Gasteiger partial charge in [0.25, 0.3) is 0 Å². The lowest BCUT2D eigenvalue weighted by Crippen LogP contribution is -2.42. The van der Waals surface area contributed by atoms with Crippen molar-refractivity contribution in [3.8, 4) is 0 Å². The third-order valence-corrected chi connectivity index (χ3v) is 4.02. The van der Waals surface area contributed by atoms with Crippen molar-refractivity contribution in [1.82, 2.24) is 9.97 Å². The number of aromatic nitrogens is 2. The van der Waals surface area contributed by atoms with E-state index in [4.69, 9.17) is 11.6 Å². The van der Waals surface area contributed by atoms with Gasteiger partial charge in [-0.3, -0.25) is 0 Å². The third-order valence-electron chi connectivity index (χ3n) is 4.02. The average Bonchev–Trinajstić information content (AvgIpc) is 2.40. The fourth-order valence-electron chi connectivity index (χ4n) is 2.45. The highest BCUT2D eigenvalue weighted by Crippen LogP contribution is 2.40. The summed E-state index contributed by atoms with van der Waals surface area (Å²) < 4.78 is 0. The van der Waals surface area contributed by atoms with E-state index in [9.17, 15) is 5.11 Å². The van der Waals surface area contributed by atoms with Crippen molar-refractivity contribution in [3.05, 3.63) is 6.07 Å². The highest BCUT2D eigenvalue weighted by molar-refractivity contribution is 5.50. The highest BCUT2D eigenvalue weighted by Gasteiger charge is 2.36. The summed E-state index contributed by atoms with van der Waals surface area (Å²) in [6, 6.07) is 1.66. The van der Waals surface area contributed by atoms with Crippen LogP contribution in [0.3, 0.4) is 0 Å². The molecule has 1 heterocycles. The molecule has 0 aliphatic heterocycles. The van der Waals surface area contributed by atoms with Crippen LogP contribution in [0.15, 0.2) is 6.07 Å². The summed E-state index contributed by atoms with van der Waals surface area (Å²) in [7, 11) is 0. The number of aliphatic hydroxyl groups is 1. The van der Waals surface area contributed by atoms with E-state index in [0.717, 1.165) is 25.7 Å². The van der Waals surface area contributed by atoms with E-state index in [0.29, 0.717) is 23.6 Å². The Bertz CT molecular complexity index is 466. The Labute approximate surface area is 119 Å². The molecule has 1 aliphatic carbocycles. The molecule has 1 saturated carbocycles. The van der Waals surface area contributed by atoms with E-state index in [1.54, 1.807) is 6.07 Å². The van der Waals surface area contributed by atoms with Gasteiger partial charge in [-0.05, 0) is 31.1 Å². The normalized spacial score (nSPS) is 20.4. The van der Waals surface area contributed by atoms with Crippen LogP contribution in [0.4, 0.5) is 17.6 Å². The van der Waals surface area contributed by atoms with Crippen LogP contribution in [0.1, 0.15) is 39.5 Å². The maximum absolute atomic E-state index is 10.6. The van der Waals surface area contributed by atoms with Crippen LogP contribution in [0.25, 0.3) is 0 Å². The number of nitrogen functional groups attached to an aromatic ring is 2. The van der Waals surface area contributed by atoms with E-state index in [1.165, 1.54) is 0 Å². The van der Waals surface area contributed by atoms with Crippen LogP contribution in [0.5, 0.6) is 0 Å². The molecular formula is C13H24N6O. The Kier molecular flexibility index (Phi) is 4.01. The van der Waals surface area contributed by atoms with E-state index >= 15 is 0 Å². The van der Waals surface area contributed by atoms with Gasteiger partial charge in [-0.2, -0.15) is 9.97 Å². The maximum Gasteiger partial charge on any atom is 0.223 e. The van der Waals surface area contributed by atoms with E-state index in [1.807, 2.05) is 0 Å². The molecule has 1 fully saturated rings. The van der Waals surface area contributed by atoms with Gasteiger partial charge in [0, 0.05) is 12.6 Å². The first-order chi connectivity index (χ1) is 9.32. The second-order valence-electron chi connectivity index (χ2n) is 6.38. The molecule has 2 rings (SSSR count). The number of hydrogen-bond donors (Lipinski definition) is 5. The Balaban J connectivity index is 1.97. The Morgan fingerprint density at radius 2 is 1.80 bits per heavy atom. The Morgan fingerprint density at radius 3 is 2.40 bits per heavy atom. The molecule has 0 spiro atoms. The van der Waals surface area contributed by atoms with Crippen molar-refractivity contribution in [3.63, 3.8) is 0 Å². The molecule has 112 valence electrons. The lowest BCUT2D eigenvalue weighted by atomic mass is 9.71. The minimum absolute atomic E-state index is 0.139. The van der Waals surface area contributed by atoms with Gasteiger partial charge >= 0.3 is 0 Å². The fraction of sp³-hybridized carbons (Fsp3) is 0.692. The van der Waals surface area contributed by atoms with Crippen LogP contribution in [0, 0.1) is 5.41 Å². The molecule has 0 atom stereocenters. The summed E-state index contributed by atoms with van der Waals surface area (Å²) in [4.78, 5) is 7.99. The summed E-state index contributed by atoms with van der Waals surface area (Å²) in [5.41, 5.74) is 7.66. The zero-order valence-corrected chi connectivity index (χ0v) is 12.1. The molecule has 0 aromatic carbocycles. The third kappa shape index (κ3) is 3.71. The molecule has 1 aromatic heterocycles. The molecule has 0 radical (unpaired) electrons. The second-order valence-corrected chi connectivity index (χ2v) is 6.38. The summed E-state index contributed by atoms with van der Waals surface area (Å²) >= 11 is 0. The summed E-state index contributed by atoms with van der Waals surface area (Å²) in [6.45, 7) is 4.93. The summed E-state index contributed by atoms with van der Waals surface area (Å²) in [6.07, 6.45) is 3.62. The fourth-order valence-corrected chi connectivity index (χ4v) is 2.45. The van der Waals surface area contributed by atoms with Crippen LogP contribution in [-0.2, 0) is 0 Å². The molecule has 0 bridgehead atoms. The average molecular weight is 280 g/mol. The molecule has 0 saturated heterocycles. The smallest absolute Gasteiger partial charge is 0.223 e. The number of rotatable bonds is 4. The van der Waals surface area contributed by atoms with Gasteiger partial charge in [-0.15, -0.1) is 0 Å². The van der Waals surface area contributed by atoms with E-state index in [-0.39, 0.29) is 5.95 Å². The van der Waals surface area contributed by atoms with Crippen molar-refractivity contribution in [1.29, 1.82) is 0 Å². The monoisotopic (exact) mass is 280 g/mol. The Hall–Kier alpha value is -1.60. The maximum atomic E-state index is 10.6. The first kappa shape index (κ1) is 14.8. The van der Waals surface area contributed by atoms with Crippen LogP contribution < -0.4 is 22.3 Å². The van der Waals surface area contributed by atoms with E-state index in [2.05, 4.69) is 34.6 Å². The minimum Gasteiger partial charge on any atom is -0.388 e. The zero-order chi connectivity index (χ0) is 14.8. The van der Waals surface area contributed by atoms with E-state index < -0.39 is 5.60 Å². The first-order valence-corrected chi connectivity index (χ1v) is 6.89. The SMILES string of the molecule is CC1(C)CCC(O)(CNc2cc(NN)nc(N)n2)CC1. The van der Waals surface area contributed by atoms with Crippen molar-refractivity contribution < 1.29 is 5.11 Å². The van der Waals surface area contributed by atoms with Gasteiger partial charge in [0.05, 0.1) is 5.60 Å². The number of hydrogen-bond acceptors (Lipinski definition) is 7. The largest absolute Gasteiger partial charge is 0.388 e. The lowest BCUT2D eigenvalue weighted by Gasteiger charge is -2.40. The van der Waals surface area contributed by atoms with Crippen LogP contribution in [-0.4, -0.2) is 27.2 Å². The van der Waals surface area contributed by atoms with Gasteiger partial charge in [0.15, 0.2) is 0 Å². The molecule has 1 aromatic rings. The second kappa shape index (κ2) is 5.41. The molecule has 7 heteroatoms. The van der Waals surface area contributed by atoms with Crippen LogP contribution in [0.2, 0.25) is 0 Å². The lowest BCUT2D eigenvalue weighted by molar-refractivity contribution is -0.0145. The molecule has 20 heavy (non-hydrogen) atoms. The minimum atomic E-state index is -0.689.